The van der Waals surface area contributed by atoms with Crippen LogP contribution in [-0.4, -0.2) is 51.8 Å². The molecule has 0 saturated carbocycles. The van der Waals surface area contributed by atoms with E-state index in [9.17, 15) is 0 Å². The second-order valence-corrected chi connectivity index (χ2v) is 12.2. The Morgan fingerprint density at radius 1 is 0.500 bits per heavy atom. The summed E-state index contributed by atoms with van der Waals surface area (Å²) in [6, 6.07) is 0. The average molecular weight is 303 g/mol. The smallest absolute Gasteiger partial charge is 0.201 e. The van der Waals surface area contributed by atoms with E-state index in [-0.39, 0.29) is 0 Å². The molecule has 1 fully saturated rings. The van der Waals surface area contributed by atoms with Gasteiger partial charge in [-0.2, -0.15) is 0 Å². The molecule has 0 bridgehead atoms. The highest BCUT2D eigenvalue weighted by molar-refractivity contribution is 6.91. The molecule has 0 aliphatic carbocycles. The van der Waals surface area contributed by atoms with Crippen LogP contribution < -0.4 is 0 Å². The molecule has 1 rings (SSSR count). The second-order valence-electron chi connectivity index (χ2n) is 4.97. The fourth-order valence-corrected chi connectivity index (χ4v) is 7.25. The van der Waals surface area contributed by atoms with Crippen molar-refractivity contribution in [3.8, 4) is 0 Å². The molecule has 0 aromatic rings. The van der Waals surface area contributed by atoms with Gasteiger partial charge in [0.05, 0.1) is 0 Å². The molecule has 0 amide bonds. The zero-order chi connectivity index (χ0) is 15.2. The van der Waals surface area contributed by atoms with E-state index >= 15 is 0 Å². The zero-order valence-corrected chi connectivity index (χ0v) is 14.4. The van der Waals surface area contributed by atoms with E-state index in [2.05, 4.69) is 48.6 Å². The maximum atomic E-state index is 3.99. The maximum Gasteiger partial charge on any atom is 0.201 e. The van der Waals surface area contributed by atoms with Gasteiger partial charge in [-0.1, -0.05) is 34.2 Å². The first kappa shape index (κ1) is 16.8. The second kappa shape index (κ2) is 6.99. The predicted octanol–water partition coefficient (Wildman–Crippen LogP) is 2.85. The number of hydrogen-bond donors (Lipinski definition) is 0. The van der Waals surface area contributed by atoms with E-state index in [0.717, 1.165) is 26.2 Å². The third kappa shape index (κ3) is 2.78. The molecule has 1 aliphatic rings. The maximum absolute atomic E-state index is 3.99. The van der Waals surface area contributed by atoms with Gasteiger partial charge >= 0.3 is 0 Å². The molecule has 0 unspecified atom stereocenters. The van der Waals surface area contributed by atoms with Crippen LogP contribution in [0.5, 0.6) is 0 Å². The molecule has 108 valence electrons. The summed E-state index contributed by atoms with van der Waals surface area (Å²) in [5, 5.41) is 0. The van der Waals surface area contributed by atoms with Crippen LogP contribution in [-0.2, 0) is 0 Å². The average Bonchev–Trinajstić information content (AvgIpc) is 2.53. The number of nitrogens with zero attached hydrogens (tertiary/aromatic N) is 2. The van der Waals surface area contributed by atoms with Gasteiger partial charge in [0.2, 0.25) is 16.5 Å². The summed E-state index contributed by atoms with van der Waals surface area (Å²) in [5.74, 6) is 0. The van der Waals surface area contributed by atoms with Crippen LogP contribution in [0.3, 0.4) is 0 Å². The van der Waals surface area contributed by atoms with Crippen molar-refractivity contribution in [2.75, 3.05) is 26.2 Å². The van der Waals surface area contributed by atoms with Gasteiger partial charge < -0.3 is 9.13 Å². The quantitative estimate of drug-likeness (QED) is 0.636. The lowest BCUT2D eigenvalue weighted by molar-refractivity contribution is 0.270. The van der Waals surface area contributed by atoms with Gasteiger partial charge in [-0.3, -0.25) is 0 Å². The molecule has 0 aromatic heterocycles. The van der Waals surface area contributed by atoms with Gasteiger partial charge in [-0.25, -0.2) is 0 Å². The van der Waals surface area contributed by atoms with E-state index < -0.39 is 16.5 Å². The van der Waals surface area contributed by atoms with E-state index in [1.165, 1.54) is 0 Å². The standard InChI is InChI=1S/C16H26N2Si2/c1-7-19(8-2,9-3)17-13-15-18(16-14-17)20(10-4,11-5)12-6/h7-12H,1-6,13-16H2. The zero-order valence-electron chi connectivity index (χ0n) is 12.4. The molecule has 0 N–H and O–H groups in total. The van der Waals surface area contributed by atoms with Crippen molar-refractivity contribution in [1.82, 2.24) is 9.13 Å². The molecule has 4 heteroatoms. The normalized spacial score (nSPS) is 18.0. The van der Waals surface area contributed by atoms with Crippen LogP contribution in [0.15, 0.2) is 73.7 Å². The van der Waals surface area contributed by atoms with Gasteiger partial charge in [0.25, 0.3) is 0 Å². The topological polar surface area (TPSA) is 6.48 Å². The monoisotopic (exact) mass is 302 g/mol. The van der Waals surface area contributed by atoms with Gasteiger partial charge in [0.15, 0.2) is 0 Å². The molecule has 1 heterocycles. The van der Waals surface area contributed by atoms with Crippen molar-refractivity contribution < 1.29 is 0 Å². The number of hydrogen-bond acceptors (Lipinski definition) is 2. The molecule has 20 heavy (non-hydrogen) atoms. The van der Waals surface area contributed by atoms with E-state index in [1.807, 2.05) is 34.2 Å². The van der Waals surface area contributed by atoms with Gasteiger partial charge in [0.1, 0.15) is 0 Å². The van der Waals surface area contributed by atoms with E-state index in [4.69, 9.17) is 0 Å². The number of piperazine rings is 1. The first-order chi connectivity index (χ1) is 9.57. The van der Waals surface area contributed by atoms with Crippen LogP contribution >= 0.6 is 0 Å². The highest BCUT2D eigenvalue weighted by atomic mass is 28.3. The van der Waals surface area contributed by atoms with Crippen molar-refractivity contribution in [3.05, 3.63) is 73.7 Å². The van der Waals surface area contributed by atoms with Gasteiger partial charge in [-0.05, 0) is 0 Å². The molecular formula is C16H26N2Si2. The Morgan fingerprint density at radius 3 is 0.850 bits per heavy atom. The first-order valence-electron chi connectivity index (χ1n) is 6.89. The Balaban J connectivity index is 2.87. The predicted molar refractivity (Wildman–Crippen MR) is 95.8 cm³/mol. The third-order valence-electron chi connectivity index (χ3n) is 4.34. The molecule has 0 spiro atoms. The van der Waals surface area contributed by atoms with Crippen LogP contribution in [0.1, 0.15) is 0 Å². The molecule has 0 aromatic carbocycles. The molecule has 1 aliphatic heterocycles. The summed E-state index contributed by atoms with van der Waals surface area (Å²) in [7, 11) is -3.80. The van der Waals surface area contributed by atoms with Gasteiger partial charge in [0, 0.05) is 26.2 Å². The summed E-state index contributed by atoms with van der Waals surface area (Å²) < 4.78 is 4.98. The van der Waals surface area contributed by atoms with Gasteiger partial charge in [-0.15, -0.1) is 39.5 Å². The lowest BCUT2D eigenvalue weighted by atomic mass is 10.4. The fraction of sp³-hybridized carbons (Fsp3) is 0.250. The summed E-state index contributed by atoms with van der Waals surface area (Å²) >= 11 is 0. The van der Waals surface area contributed by atoms with Crippen LogP contribution in [0, 0.1) is 0 Å². The highest BCUT2D eigenvalue weighted by Crippen LogP contribution is 2.21. The molecule has 0 radical (unpaired) electrons. The molecule has 1 saturated heterocycles. The highest BCUT2D eigenvalue weighted by Gasteiger charge is 2.38. The van der Waals surface area contributed by atoms with Crippen molar-refractivity contribution in [1.29, 1.82) is 0 Å². The Labute approximate surface area is 126 Å². The van der Waals surface area contributed by atoms with Crippen LogP contribution in [0.25, 0.3) is 0 Å². The summed E-state index contributed by atoms with van der Waals surface area (Å²) in [5.41, 5.74) is 12.3. The Morgan fingerprint density at radius 2 is 0.700 bits per heavy atom. The van der Waals surface area contributed by atoms with E-state index in [1.54, 1.807) is 0 Å². The molecule has 0 atom stereocenters. The fourth-order valence-electron chi connectivity index (χ4n) is 2.76. The lowest BCUT2D eigenvalue weighted by Gasteiger charge is -2.46. The van der Waals surface area contributed by atoms with Crippen molar-refractivity contribution in [3.63, 3.8) is 0 Å². The van der Waals surface area contributed by atoms with Crippen molar-refractivity contribution in [2.45, 2.75) is 0 Å². The minimum atomic E-state index is -1.90. The summed E-state index contributed by atoms with van der Waals surface area (Å²) in [6.45, 7) is 27.9. The molecular weight excluding hydrogens is 276 g/mol. The third-order valence-corrected chi connectivity index (χ3v) is 11.3. The summed E-state index contributed by atoms with van der Waals surface area (Å²) in [6.07, 6.45) is 0. The Bertz CT molecular complexity index is 337. The molecule has 2 nitrogen and oxygen atoms in total. The van der Waals surface area contributed by atoms with Crippen molar-refractivity contribution in [2.24, 2.45) is 0 Å². The lowest BCUT2D eigenvalue weighted by Crippen LogP contribution is -2.63. The largest absolute Gasteiger partial charge is 0.312 e. The first-order valence-corrected chi connectivity index (χ1v) is 11.3. The van der Waals surface area contributed by atoms with E-state index in [0.29, 0.717) is 0 Å². The van der Waals surface area contributed by atoms with Crippen LogP contribution in [0.4, 0.5) is 0 Å². The SMILES string of the molecule is C=C[Si](C=C)(C=C)N1CCN([Si](C=C)(C=C)C=C)CC1. The minimum Gasteiger partial charge on any atom is -0.312 e. The van der Waals surface area contributed by atoms with Crippen LogP contribution in [0.2, 0.25) is 0 Å². The Hall–Kier alpha value is -1.21. The Kier molecular flexibility index (Phi) is 5.89. The number of rotatable bonds is 8. The van der Waals surface area contributed by atoms with Crippen molar-refractivity contribution >= 4 is 16.5 Å². The minimum absolute atomic E-state index is 1.00. The summed E-state index contributed by atoms with van der Waals surface area (Å²) in [4.78, 5) is 0.